The summed E-state index contributed by atoms with van der Waals surface area (Å²) in [5.41, 5.74) is 2.00. The Morgan fingerprint density at radius 2 is 1.93 bits per heavy atom. The van der Waals surface area contributed by atoms with E-state index in [4.69, 9.17) is 18.9 Å². The fourth-order valence-electron chi connectivity index (χ4n) is 5.07. The molecule has 1 aromatic heterocycles. The van der Waals surface area contributed by atoms with Gasteiger partial charge in [-0.15, -0.1) is 0 Å². The van der Waals surface area contributed by atoms with Crippen molar-refractivity contribution in [3.63, 3.8) is 0 Å². The summed E-state index contributed by atoms with van der Waals surface area (Å²) in [6.45, 7) is 7.70. The highest BCUT2D eigenvalue weighted by Gasteiger charge is 2.48. The van der Waals surface area contributed by atoms with Crippen molar-refractivity contribution in [2.24, 2.45) is 0 Å². The molecule has 41 heavy (non-hydrogen) atoms. The maximum atomic E-state index is 13.6. The molecule has 3 aromatic rings. The Morgan fingerprint density at radius 1 is 1.15 bits per heavy atom. The molecule has 2 atom stereocenters. The van der Waals surface area contributed by atoms with Gasteiger partial charge in [0.15, 0.2) is 16.6 Å². The summed E-state index contributed by atoms with van der Waals surface area (Å²) in [4.78, 5) is 45.7. The number of methoxy groups -OCH3 is 1. The van der Waals surface area contributed by atoms with Gasteiger partial charge in [0.05, 0.1) is 37.6 Å². The van der Waals surface area contributed by atoms with Crippen LogP contribution in [0.4, 0.5) is 5.13 Å². The van der Waals surface area contributed by atoms with Crippen LogP contribution in [0.25, 0.3) is 5.76 Å². The molecule has 0 radical (unpaired) electrons. The van der Waals surface area contributed by atoms with Crippen LogP contribution in [0.3, 0.4) is 0 Å². The van der Waals surface area contributed by atoms with Gasteiger partial charge in [0.25, 0.3) is 5.78 Å². The molecule has 1 fully saturated rings. The number of carbonyl (C=O) groups is 3. The van der Waals surface area contributed by atoms with Gasteiger partial charge < -0.3 is 24.1 Å². The van der Waals surface area contributed by atoms with Gasteiger partial charge in [0.1, 0.15) is 22.5 Å². The number of aliphatic hydroxyl groups excluding tert-OH is 1. The number of anilines is 1. The number of aliphatic hydroxyl groups is 1. The van der Waals surface area contributed by atoms with Crippen LogP contribution in [0.15, 0.2) is 42.0 Å². The van der Waals surface area contributed by atoms with E-state index in [1.165, 1.54) is 12.0 Å². The van der Waals surface area contributed by atoms with E-state index < -0.39 is 23.7 Å². The van der Waals surface area contributed by atoms with E-state index in [9.17, 15) is 19.5 Å². The molecule has 214 valence electrons. The van der Waals surface area contributed by atoms with Gasteiger partial charge in [-0.05, 0) is 69.2 Å². The number of amides is 1. The third-order valence-electron chi connectivity index (χ3n) is 6.87. The Bertz CT molecular complexity index is 1580. The molecule has 0 saturated carbocycles. The zero-order chi connectivity index (χ0) is 29.4. The standard InChI is InChI=1S/C30H30N2O8S/c1-6-38-21-11-8-17(14-22(21)37-5)24-23(25(33)18-9-10-20-19(13-18)12-15(3)40-20)26(34)28(35)32(24)30-31-16(4)27(41-30)29(36)39-7-2/h8-11,13-15,24,33H,6-7,12H2,1-5H3/b25-23+. The fourth-order valence-corrected chi connectivity index (χ4v) is 6.06. The van der Waals surface area contributed by atoms with Crippen LogP contribution in [0, 0.1) is 6.92 Å². The summed E-state index contributed by atoms with van der Waals surface area (Å²) in [5.74, 6) is -1.07. The fraction of sp³-hybridized carbons (Fsp3) is 0.333. The average Bonchev–Trinajstić information content (AvgIpc) is 3.60. The molecule has 1 N–H and O–H groups in total. The van der Waals surface area contributed by atoms with Crippen LogP contribution in [0.1, 0.15) is 58.9 Å². The van der Waals surface area contributed by atoms with Crippen molar-refractivity contribution in [3.8, 4) is 17.2 Å². The average molecular weight is 579 g/mol. The molecule has 10 nitrogen and oxygen atoms in total. The first kappa shape index (κ1) is 28.2. The number of ether oxygens (including phenoxy) is 4. The Morgan fingerprint density at radius 3 is 2.63 bits per heavy atom. The Kier molecular flexibility index (Phi) is 7.72. The van der Waals surface area contributed by atoms with Crippen molar-refractivity contribution in [1.82, 2.24) is 4.98 Å². The summed E-state index contributed by atoms with van der Waals surface area (Å²) in [7, 11) is 1.49. The number of thiazole rings is 1. The molecule has 1 saturated heterocycles. The van der Waals surface area contributed by atoms with Gasteiger partial charge >= 0.3 is 11.9 Å². The summed E-state index contributed by atoms with van der Waals surface area (Å²) in [6, 6.07) is 9.15. The summed E-state index contributed by atoms with van der Waals surface area (Å²) >= 11 is 0.947. The van der Waals surface area contributed by atoms with Gasteiger partial charge in [-0.2, -0.15) is 0 Å². The third kappa shape index (κ3) is 5.01. The van der Waals surface area contributed by atoms with Crippen LogP contribution in [-0.2, 0) is 20.7 Å². The van der Waals surface area contributed by atoms with Crippen LogP contribution in [0.2, 0.25) is 0 Å². The second kappa shape index (κ2) is 11.2. The zero-order valence-corrected chi connectivity index (χ0v) is 24.2. The molecule has 1 amide bonds. The number of rotatable bonds is 8. The molecule has 2 aliphatic heterocycles. The lowest BCUT2D eigenvalue weighted by Crippen LogP contribution is -2.29. The van der Waals surface area contributed by atoms with E-state index in [0.717, 1.165) is 16.9 Å². The predicted molar refractivity (Wildman–Crippen MR) is 152 cm³/mol. The number of Topliss-reactive ketones (excluding diaryl/α,β-unsaturated/α-hetero) is 1. The van der Waals surface area contributed by atoms with Gasteiger partial charge in [-0.3, -0.25) is 14.5 Å². The third-order valence-corrected chi connectivity index (χ3v) is 8.01. The number of fused-ring (bicyclic) bond motifs is 1. The van der Waals surface area contributed by atoms with E-state index in [0.29, 0.717) is 47.1 Å². The minimum atomic E-state index is -1.07. The Balaban J connectivity index is 1.69. The first-order valence-electron chi connectivity index (χ1n) is 13.2. The monoisotopic (exact) mass is 578 g/mol. The van der Waals surface area contributed by atoms with Crippen molar-refractivity contribution < 1.29 is 38.4 Å². The SMILES string of the molecule is CCOC(=O)c1sc(N2C(=O)C(=O)/C(=C(/O)c3ccc4c(c3)CC(C)O4)C2c2ccc(OCC)c(OC)c2)nc1C. The smallest absolute Gasteiger partial charge is 0.350 e. The second-order valence-electron chi connectivity index (χ2n) is 9.60. The predicted octanol–water partition coefficient (Wildman–Crippen LogP) is 4.99. The van der Waals surface area contributed by atoms with Gasteiger partial charge in [-0.25, -0.2) is 9.78 Å². The molecule has 0 bridgehead atoms. The van der Waals surface area contributed by atoms with E-state index in [2.05, 4.69) is 4.98 Å². The number of hydrogen-bond acceptors (Lipinski definition) is 10. The summed E-state index contributed by atoms with van der Waals surface area (Å²) in [6.07, 6.45) is 0.644. The van der Waals surface area contributed by atoms with Crippen molar-refractivity contribution in [1.29, 1.82) is 0 Å². The Labute approximate surface area is 241 Å². The largest absolute Gasteiger partial charge is 0.507 e. The van der Waals surface area contributed by atoms with Crippen molar-refractivity contribution in [2.45, 2.75) is 46.3 Å². The van der Waals surface area contributed by atoms with E-state index >= 15 is 0 Å². The lowest BCUT2D eigenvalue weighted by Gasteiger charge is -2.24. The highest BCUT2D eigenvalue weighted by molar-refractivity contribution is 7.17. The molecule has 0 aliphatic carbocycles. The Hall–Kier alpha value is -4.38. The number of aromatic nitrogens is 1. The quantitative estimate of drug-likeness (QED) is 0.170. The highest BCUT2D eigenvalue weighted by Crippen LogP contribution is 2.46. The molecule has 11 heteroatoms. The molecule has 5 rings (SSSR count). The normalized spacial score (nSPS) is 19.2. The molecule has 0 spiro atoms. The van der Waals surface area contributed by atoms with Gasteiger partial charge in [-0.1, -0.05) is 17.4 Å². The first-order chi connectivity index (χ1) is 19.7. The summed E-state index contributed by atoms with van der Waals surface area (Å²) in [5, 5.41) is 11.7. The number of benzene rings is 2. The maximum Gasteiger partial charge on any atom is 0.350 e. The molecule has 3 heterocycles. The molecular weight excluding hydrogens is 548 g/mol. The maximum absolute atomic E-state index is 13.6. The molecule has 2 aromatic carbocycles. The number of aryl methyl sites for hydroxylation is 1. The van der Waals surface area contributed by atoms with Crippen molar-refractivity contribution in [3.05, 3.63) is 69.2 Å². The molecule has 2 aliphatic rings. The summed E-state index contributed by atoms with van der Waals surface area (Å²) < 4.78 is 22.1. The van der Waals surface area contributed by atoms with Crippen LogP contribution in [-0.4, -0.2) is 54.2 Å². The van der Waals surface area contributed by atoms with E-state index in [-0.39, 0.29) is 34.1 Å². The van der Waals surface area contributed by atoms with Crippen LogP contribution >= 0.6 is 11.3 Å². The minimum absolute atomic E-state index is 0.00830. The van der Waals surface area contributed by atoms with E-state index in [1.807, 2.05) is 13.8 Å². The molecule has 2 unspecified atom stereocenters. The van der Waals surface area contributed by atoms with E-state index in [1.54, 1.807) is 50.2 Å². The number of carbonyl (C=O) groups excluding carboxylic acids is 3. The molecular formula is C30H30N2O8S. The second-order valence-corrected chi connectivity index (χ2v) is 10.6. The first-order valence-corrected chi connectivity index (χ1v) is 14.1. The number of hydrogen-bond donors (Lipinski definition) is 1. The highest BCUT2D eigenvalue weighted by atomic mass is 32.1. The topological polar surface area (TPSA) is 124 Å². The lowest BCUT2D eigenvalue weighted by molar-refractivity contribution is -0.132. The minimum Gasteiger partial charge on any atom is -0.507 e. The van der Waals surface area contributed by atoms with Crippen molar-refractivity contribution >= 4 is 39.9 Å². The van der Waals surface area contributed by atoms with Crippen molar-refractivity contribution in [2.75, 3.05) is 25.2 Å². The van der Waals surface area contributed by atoms with Gasteiger partial charge in [0.2, 0.25) is 0 Å². The number of esters is 1. The van der Waals surface area contributed by atoms with Crippen LogP contribution < -0.4 is 19.1 Å². The number of ketones is 1. The zero-order valence-electron chi connectivity index (χ0n) is 23.3. The van der Waals surface area contributed by atoms with Crippen LogP contribution in [0.5, 0.6) is 17.2 Å². The number of nitrogens with zero attached hydrogens (tertiary/aromatic N) is 2. The lowest BCUT2D eigenvalue weighted by atomic mass is 9.94. The van der Waals surface area contributed by atoms with Gasteiger partial charge in [0, 0.05) is 12.0 Å².